The van der Waals surface area contributed by atoms with Gasteiger partial charge in [0.15, 0.2) is 11.6 Å². The molecule has 7 nitrogen and oxygen atoms in total. The Labute approximate surface area is 170 Å². The van der Waals surface area contributed by atoms with E-state index in [0.29, 0.717) is 11.4 Å². The van der Waals surface area contributed by atoms with Crippen LogP contribution < -0.4 is 15.1 Å². The van der Waals surface area contributed by atoms with Gasteiger partial charge < -0.3 is 15.1 Å². The van der Waals surface area contributed by atoms with Gasteiger partial charge in [0.2, 0.25) is 0 Å². The number of pyridine rings is 1. The third-order valence-electron chi connectivity index (χ3n) is 5.29. The summed E-state index contributed by atoms with van der Waals surface area (Å²) in [5.74, 6) is 1.88. The molecule has 1 aliphatic heterocycles. The number of nitrogens with zero attached hydrogens (tertiary/aromatic N) is 5. The largest absolute Gasteiger partial charge is 0.357 e. The first-order valence-electron chi connectivity index (χ1n) is 10.2. The lowest BCUT2D eigenvalue weighted by Crippen LogP contribution is -2.24. The third-order valence-corrected chi connectivity index (χ3v) is 5.29. The lowest BCUT2D eigenvalue weighted by Gasteiger charge is -2.21. The number of hydrogen-bond acceptors (Lipinski definition) is 6. The number of benzene rings is 1. The smallest absolute Gasteiger partial charge is 0.258 e. The zero-order valence-corrected chi connectivity index (χ0v) is 16.9. The quantitative estimate of drug-likeness (QED) is 0.691. The summed E-state index contributed by atoms with van der Waals surface area (Å²) in [5.41, 5.74) is 2.10. The van der Waals surface area contributed by atoms with Crippen molar-refractivity contribution in [2.75, 3.05) is 41.3 Å². The highest BCUT2D eigenvalue weighted by molar-refractivity contribution is 6.05. The van der Waals surface area contributed by atoms with Crippen LogP contribution in [-0.4, -0.2) is 47.0 Å². The molecule has 29 heavy (non-hydrogen) atoms. The van der Waals surface area contributed by atoms with E-state index in [-0.39, 0.29) is 5.91 Å². The van der Waals surface area contributed by atoms with Crippen LogP contribution in [0.15, 0.2) is 42.6 Å². The van der Waals surface area contributed by atoms with E-state index in [1.807, 2.05) is 30.3 Å². The summed E-state index contributed by atoms with van der Waals surface area (Å²) in [5, 5.41) is 2.96. The van der Waals surface area contributed by atoms with Crippen molar-refractivity contribution in [2.45, 2.75) is 26.7 Å². The zero-order valence-electron chi connectivity index (χ0n) is 16.9. The maximum Gasteiger partial charge on any atom is 0.258 e. The van der Waals surface area contributed by atoms with Gasteiger partial charge in [0, 0.05) is 32.4 Å². The number of hydrogen-bond donors (Lipinski definition) is 1. The van der Waals surface area contributed by atoms with Gasteiger partial charge in [-0.25, -0.2) is 15.0 Å². The predicted molar refractivity (Wildman–Crippen MR) is 117 cm³/mol. The molecule has 3 aromatic rings. The van der Waals surface area contributed by atoms with E-state index in [1.165, 1.54) is 0 Å². The van der Waals surface area contributed by atoms with Gasteiger partial charge in [-0.3, -0.25) is 4.79 Å². The van der Waals surface area contributed by atoms with E-state index in [0.717, 1.165) is 61.7 Å². The molecule has 1 fully saturated rings. The highest BCUT2D eigenvalue weighted by Crippen LogP contribution is 2.28. The molecule has 0 radical (unpaired) electrons. The number of anilines is 3. The Kier molecular flexibility index (Phi) is 5.55. The van der Waals surface area contributed by atoms with Crippen molar-refractivity contribution in [1.29, 1.82) is 0 Å². The molecule has 4 rings (SSSR count). The molecule has 0 bridgehead atoms. The van der Waals surface area contributed by atoms with Crippen molar-refractivity contribution < 1.29 is 4.79 Å². The fourth-order valence-electron chi connectivity index (χ4n) is 3.66. The SMILES string of the molecule is CCN(CC)c1ccc(C(=O)Nc2nc3ccccc3nc2N2CCCC2)cn1. The molecule has 0 aliphatic carbocycles. The van der Waals surface area contributed by atoms with E-state index in [4.69, 9.17) is 9.97 Å². The lowest BCUT2D eigenvalue weighted by atomic mass is 10.2. The van der Waals surface area contributed by atoms with Crippen molar-refractivity contribution in [3.05, 3.63) is 48.2 Å². The average Bonchev–Trinajstić information content (AvgIpc) is 3.29. The summed E-state index contributed by atoms with van der Waals surface area (Å²) >= 11 is 0. The Hall–Kier alpha value is -3.22. The molecule has 7 heteroatoms. The number of rotatable bonds is 6. The van der Waals surface area contributed by atoms with Crippen molar-refractivity contribution in [1.82, 2.24) is 15.0 Å². The topological polar surface area (TPSA) is 74.2 Å². The Morgan fingerprint density at radius 2 is 1.72 bits per heavy atom. The van der Waals surface area contributed by atoms with Crippen LogP contribution in [0.4, 0.5) is 17.5 Å². The van der Waals surface area contributed by atoms with Crippen molar-refractivity contribution in [2.24, 2.45) is 0 Å². The summed E-state index contributed by atoms with van der Waals surface area (Å²) < 4.78 is 0. The standard InChI is InChI=1S/C22H26N6O/c1-3-27(4-2)19-12-11-16(15-23-19)22(29)26-20-21(28-13-7-8-14-28)25-18-10-6-5-9-17(18)24-20/h5-6,9-12,15H,3-4,7-8,13-14H2,1-2H3,(H,24,26,29). The summed E-state index contributed by atoms with van der Waals surface area (Å²) in [6.45, 7) is 7.78. The van der Waals surface area contributed by atoms with Crippen molar-refractivity contribution >= 4 is 34.4 Å². The molecule has 1 amide bonds. The van der Waals surface area contributed by atoms with Gasteiger partial charge in [0.25, 0.3) is 5.91 Å². The summed E-state index contributed by atoms with van der Waals surface area (Å²) in [7, 11) is 0. The first kappa shape index (κ1) is 19.1. The van der Waals surface area contributed by atoms with E-state index in [1.54, 1.807) is 12.3 Å². The first-order chi connectivity index (χ1) is 14.2. The molecular formula is C22H26N6O. The zero-order chi connectivity index (χ0) is 20.2. The van der Waals surface area contributed by atoms with Crippen LogP contribution in [-0.2, 0) is 0 Å². The Morgan fingerprint density at radius 3 is 2.34 bits per heavy atom. The summed E-state index contributed by atoms with van der Waals surface area (Å²) in [6.07, 6.45) is 3.87. The normalized spacial score (nSPS) is 13.7. The monoisotopic (exact) mass is 390 g/mol. The number of nitrogens with one attached hydrogen (secondary N) is 1. The second-order valence-electron chi connectivity index (χ2n) is 7.11. The van der Waals surface area contributed by atoms with E-state index >= 15 is 0 Å². The molecule has 1 aliphatic rings. The Morgan fingerprint density at radius 1 is 1.03 bits per heavy atom. The average molecular weight is 390 g/mol. The van der Waals surface area contributed by atoms with Gasteiger partial charge in [-0.05, 0) is 51.0 Å². The molecule has 0 atom stereocenters. The van der Waals surface area contributed by atoms with Crippen LogP contribution in [0.2, 0.25) is 0 Å². The third kappa shape index (κ3) is 3.99. The molecule has 150 valence electrons. The number of carbonyl (C=O) groups excluding carboxylic acids is 1. The molecule has 0 spiro atoms. The first-order valence-corrected chi connectivity index (χ1v) is 10.2. The number of fused-ring (bicyclic) bond motifs is 1. The highest BCUT2D eigenvalue weighted by atomic mass is 16.1. The molecule has 0 unspecified atom stereocenters. The van der Waals surface area contributed by atoms with Crippen LogP contribution >= 0.6 is 0 Å². The van der Waals surface area contributed by atoms with Crippen LogP contribution in [0.5, 0.6) is 0 Å². The molecule has 3 heterocycles. The summed E-state index contributed by atoms with van der Waals surface area (Å²) in [6, 6.07) is 11.4. The fourth-order valence-corrected chi connectivity index (χ4v) is 3.66. The second-order valence-corrected chi connectivity index (χ2v) is 7.11. The number of aromatic nitrogens is 3. The second kappa shape index (κ2) is 8.43. The maximum atomic E-state index is 12.9. The Balaban J connectivity index is 1.62. The number of amides is 1. The maximum absolute atomic E-state index is 12.9. The Bertz CT molecular complexity index is 994. The van der Waals surface area contributed by atoms with Gasteiger partial charge in [0.1, 0.15) is 5.82 Å². The van der Waals surface area contributed by atoms with Gasteiger partial charge >= 0.3 is 0 Å². The molecule has 0 saturated carbocycles. The molecular weight excluding hydrogens is 364 g/mol. The minimum atomic E-state index is -0.228. The van der Waals surface area contributed by atoms with Gasteiger partial charge in [-0.1, -0.05) is 12.1 Å². The highest BCUT2D eigenvalue weighted by Gasteiger charge is 2.21. The van der Waals surface area contributed by atoms with Crippen molar-refractivity contribution in [3.8, 4) is 0 Å². The van der Waals surface area contributed by atoms with Gasteiger partial charge in [-0.15, -0.1) is 0 Å². The minimum Gasteiger partial charge on any atom is -0.357 e. The van der Waals surface area contributed by atoms with E-state index < -0.39 is 0 Å². The minimum absolute atomic E-state index is 0.228. The molecule has 1 aromatic carbocycles. The summed E-state index contributed by atoms with van der Waals surface area (Å²) in [4.78, 5) is 31.2. The van der Waals surface area contributed by atoms with Crippen LogP contribution in [0, 0.1) is 0 Å². The van der Waals surface area contributed by atoms with Crippen LogP contribution in [0.25, 0.3) is 11.0 Å². The van der Waals surface area contributed by atoms with Crippen molar-refractivity contribution in [3.63, 3.8) is 0 Å². The van der Waals surface area contributed by atoms with E-state index in [2.05, 4.69) is 33.9 Å². The molecule has 1 N–H and O–H groups in total. The van der Waals surface area contributed by atoms with Gasteiger partial charge in [0.05, 0.1) is 16.6 Å². The predicted octanol–water partition coefficient (Wildman–Crippen LogP) is 3.72. The molecule has 2 aromatic heterocycles. The van der Waals surface area contributed by atoms with Gasteiger partial charge in [-0.2, -0.15) is 0 Å². The fraction of sp³-hybridized carbons (Fsp3) is 0.364. The number of carbonyl (C=O) groups is 1. The molecule has 1 saturated heterocycles. The van der Waals surface area contributed by atoms with E-state index in [9.17, 15) is 4.79 Å². The number of para-hydroxylation sites is 2. The lowest BCUT2D eigenvalue weighted by molar-refractivity contribution is 0.102. The van der Waals surface area contributed by atoms with Crippen LogP contribution in [0.3, 0.4) is 0 Å². The van der Waals surface area contributed by atoms with Crippen LogP contribution in [0.1, 0.15) is 37.0 Å².